The van der Waals surface area contributed by atoms with Crippen LogP contribution in [0.2, 0.25) is 0 Å². The van der Waals surface area contributed by atoms with Gasteiger partial charge in [-0.3, -0.25) is 4.90 Å². The fraction of sp³-hybridized carbons (Fsp3) is 1.00. The first-order valence-corrected chi connectivity index (χ1v) is 6.85. The number of hydrogen-bond acceptors (Lipinski definition) is 3. The molecule has 0 aliphatic rings. The molecule has 0 atom stereocenters. The maximum Gasteiger partial charge on any atom is 0.0558 e. The van der Waals surface area contributed by atoms with Crippen LogP contribution in [0.25, 0.3) is 0 Å². The molecule has 0 rings (SSSR count). The zero-order valence-corrected chi connectivity index (χ0v) is 11.3. The second-order valence-corrected chi connectivity index (χ2v) is 4.33. The smallest absolute Gasteiger partial charge is 0.0558 e. The molecular weight excluding hydrogens is 200 g/mol. The van der Waals surface area contributed by atoms with Crippen LogP contribution in [0.1, 0.15) is 46.5 Å². The molecule has 0 aromatic rings. The highest BCUT2D eigenvalue weighted by Gasteiger charge is 2.13. The first-order valence-electron chi connectivity index (χ1n) is 6.85. The normalized spacial score (nSPS) is 11.6. The van der Waals surface area contributed by atoms with Gasteiger partial charge in [0.1, 0.15) is 0 Å². The summed E-state index contributed by atoms with van der Waals surface area (Å²) in [5.74, 6) is 0. The summed E-state index contributed by atoms with van der Waals surface area (Å²) in [6, 6.07) is 0.637. The molecule has 16 heavy (non-hydrogen) atoms. The molecule has 2 N–H and O–H groups in total. The summed E-state index contributed by atoms with van der Waals surface area (Å²) in [5.41, 5.74) is 0. The SMILES string of the molecule is CCCNCCCN(CCO)C(CC)CC. The van der Waals surface area contributed by atoms with Crippen LogP contribution in [0, 0.1) is 0 Å². The third-order valence-corrected chi connectivity index (χ3v) is 3.07. The summed E-state index contributed by atoms with van der Waals surface area (Å²) < 4.78 is 0. The van der Waals surface area contributed by atoms with Gasteiger partial charge in [-0.25, -0.2) is 0 Å². The van der Waals surface area contributed by atoms with Gasteiger partial charge >= 0.3 is 0 Å². The molecule has 0 saturated carbocycles. The second-order valence-electron chi connectivity index (χ2n) is 4.33. The van der Waals surface area contributed by atoms with Gasteiger partial charge in [-0.2, -0.15) is 0 Å². The van der Waals surface area contributed by atoms with E-state index in [1.165, 1.54) is 25.7 Å². The molecule has 0 amide bonds. The number of hydrogen-bond donors (Lipinski definition) is 2. The van der Waals surface area contributed by atoms with Gasteiger partial charge in [0.2, 0.25) is 0 Å². The van der Waals surface area contributed by atoms with Crippen LogP contribution in [0.3, 0.4) is 0 Å². The molecule has 0 aliphatic carbocycles. The van der Waals surface area contributed by atoms with Crippen molar-refractivity contribution in [3.8, 4) is 0 Å². The lowest BCUT2D eigenvalue weighted by Gasteiger charge is -2.29. The van der Waals surface area contributed by atoms with Crippen molar-refractivity contribution >= 4 is 0 Å². The van der Waals surface area contributed by atoms with Crippen LogP contribution in [0.5, 0.6) is 0 Å². The van der Waals surface area contributed by atoms with Crippen LogP contribution < -0.4 is 5.32 Å². The topological polar surface area (TPSA) is 35.5 Å². The van der Waals surface area contributed by atoms with Crippen molar-refractivity contribution in [2.45, 2.75) is 52.5 Å². The first-order chi connectivity index (χ1) is 7.79. The quantitative estimate of drug-likeness (QED) is 0.532. The highest BCUT2D eigenvalue weighted by atomic mass is 16.3. The van der Waals surface area contributed by atoms with E-state index in [9.17, 15) is 0 Å². The van der Waals surface area contributed by atoms with Gasteiger partial charge in [0.05, 0.1) is 6.61 Å². The Balaban J connectivity index is 3.74. The van der Waals surface area contributed by atoms with E-state index in [1.54, 1.807) is 0 Å². The highest BCUT2D eigenvalue weighted by Crippen LogP contribution is 2.08. The fourth-order valence-corrected chi connectivity index (χ4v) is 2.12. The van der Waals surface area contributed by atoms with Crippen LogP contribution in [0.15, 0.2) is 0 Å². The summed E-state index contributed by atoms with van der Waals surface area (Å²) in [4.78, 5) is 2.42. The van der Waals surface area contributed by atoms with Crippen molar-refractivity contribution in [3.63, 3.8) is 0 Å². The second kappa shape index (κ2) is 11.4. The Morgan fingerprint density at radius 2 is 1.75 bits per heavy atom. The molecule has 0 heterocycles. The van der Waals surface area contributed by atoms with Crippen LogP contribution in [-0.4, -0.2) is 48.8 Å². The highest BCUT2D eigenvalue weighted by molar-refractivity contribution is 4.69. The maximum atomic E-state index is 9.06. The van der Waals surface area contributed by atoms with Crippen molar-refractivity contribution in [3.05, 3.63) is 0 Å². The number of nitrogens with zero attached hydrogens (tertiary/aromatic N) is 1. The lowest BCUT2D eigenvalue weighted by molar-refractivity contribution is 0.142. The average molecular weight is 230 g/mol. The fourth-order valence-electron chi connectivity index (χ4n) is 2.12. The summed E-state index contributed by atoms with van der Waals surface area (Å²) in [5, 5.41) is 12.5. The molecule has 0 saturated heterocycles. The summed E-state index contributed by atoms with van der Waals surface area (Å²) in [6.45, 7) is 11.1. The van der Waals surface area contributed by atoms with Crippen LogP contribution in [0.4, 0.5) is 0 Å². The summed E-state index contributed by atoms with van der Waals surface area (Å²) in [7, 11) is 0. The Morgan fingerprint density at radius 1 is 1.06 bits per heavy atom. The molecule has 0 aliphatic heterocycles. The van der Waals surface area contributed by atoms with E-state index in [4.69, 9.17) is 5.11 Å². The molecule has 0 unspecified atom stereocenters. The predicted octanol–water partition coefficient (Wildman–Crippen LogP) is 1.86. The number of aliphatic hydroxyl groups is 1. The van der Waals surface area contributed by atoms with Gasteiger partial charge in [0.25, 0.3) is 0 Å². The molecule has 3 nitrogen and oxygen atoms in total. The van der Waals surface area contributed by atoms with Gasteiger partial charge in [-0.1, -0.05) is 20.8 Å². The third-order valence-electron chi connectivity index (χ3n) is 3.07. The molecular formula is C13H30N2O. The molecule has 3 heteroatoms. The standard InChI is InChI=1S/C13H30N2O/c1-4-8-14-9-7-10-15(11-12-16)13(5-2)6-3/h13-14,16H,4-12H2,1-3H3. The van der Waals surface area contributed by atoms with Crippen molar-refractivity contribution in [1.82, 2.24) is 10.2 Å². The maximum absolute atomic E-state index is 9.06. The molecule has 0 spiro atoms. The van der Waals surface area contributed by atoms with Gasteiger partial charge in [0, 0.05) is 12.6 Å². The number of aliphatic hydroxyl groups excluding tert-OH is 1. The number of nitrogens with one attached hydrogen (secondary N) is 1. The minimum Gasteiger partial charge on any atom is -0.395 e. The van der Waals surface area contributed by atoms with E-state index in [1.807, 2.05) is 0 Å². The predicted molar refractivity (Wildman–Crippen MR) is 70.8 cm³/mol. The van der Waals surface area contributed by atoms with Crippen molar-refractivity contribution in [1.29, 1.82) is 0 Å². The van der Waals surface area contributed by atoms with Crippen molar-refractivity contribution in [2.24, 2.45) is 0 Å². The monoisotopic (exact) mass is 230 g/mol. The van der Waals surface area contributed by atoms with Crippen molar-refractivity contribution in [2.75, 3.05) is 32.8 Å². The van der Waals surface area contributed by atoms with Gasteiger partial charge in [0.15, 0.2) is 0 Å². The van der Waals surface area contributed by atoms with E-state index < -0.39 is 0 Å². The van der Waals surface area contributed by atoms with Gasteiger partial charge in [-0.05, 0) is 45.3 Å². The first kappa shape index (κ1) is 15.9. The Hall–Kier alpha value is -0.120. The minimum atomic E-state index is 0.277. The van der Waals surface area contributed by atoms with E-state index in [0.717, 1.165) is 26.2 Å². The van der Waals surface area contributed by atoms with Crippen LogP contribution >= 0.6 is 0 Å². The Labute approximate surface area is 101 Å². The van der Waals surface area contributed by atoms with Gasteiger partial charge in [-0.15, -0.1) is 0 Å². The molecule has 0 aromatic carbocycles. The number of rotatable bonds is 11. The average Bonchev–Trinajstić information content (AvgIpc) is 2.30. The Bertz CT molecular complexity index is 138. The van der Waals surface area contributed by atoms with E-state index >= 15 is 0 Å². The van der Waals surface area contributed by atoms with E-state index in [0.29, 0.717) is 6.04 Å². The molecule has 0 radical (unpaired) electrons. The van der Waals surface area contributed by atoms with Crippen molar-refractivity contribution < 1.29 is 5.11 Å². The Morgan fingerprint density at radius 3 is 2.25 bits per heavy atom. The zero-order valence-electron chi connectivity index (χ0n) is 11.3. The minimum absolute atomic E-state index is 0.277. The lowest BCUT2D eigenvalue weighted by Crippen LogP contribution is -2.38. The third kappa shape index (κ3) is 7.20. The Kier molecular flexibility index (Phi) is 11.3. The van der Waals surface area contributed by atoms with Gasteiger partial charge < -0.3 is 10.4 Å². The lowest BCUT2D eigenvalue weighted by atomic mass is 10.1. The molecule has 98 valence electrons. The molecule has 0 bridgehead atoms. The van der Waals surface area contributed by atoms with Crippen LogP contribution in [-0.2, 0) is 0 Å². The van der Waals surface area contributed by atoms with E-state index in [-0.39, 0.29) is 6.61 Å². The molecule has 0 aromatic heterocycles. The molecule has 0 fully saturated rings. The zero-order chi connectivity index (χ0) is 12.2. The van der Waals surface area contributed by atoms with E-state index in [2.05, 4.69) is 31.0 Å². The largest absolute Gasteiger partial charge is 0.395 e. The summed E-state index contributed by atoms with van der Waals surface area (Å²) >= 11 is 0. The summed E-state index contributed by atoms with van der Waals surface area (Å²) in [6.07, 6.45) is 4.74.